The molecule has 1 aromatic heterocycles. The van der Waals surface area contributed by atoms with Crippen molar-refractivity contribution in [3.63, 3.8) is 0 Å². The molecule has 0 saturated carbocycles. The molecule has 6 nitrogen and oxygen atoms in total. The molecule has 32 heavy (non-hydrogen) atoms. The SMILES string of the molecule is Cc1cc(C)c2c(=O)c3c(oc2c1)C(=O)N(CCCN1CCOCC1)[C@H]3c1ccccc1. The molecule has 0 bridgehead atoms. The Kier molecular flexibility index (Phi) is 5.57. The maximum absolute atomic E-state index is 13.7. The number of nitrogens with zero attached hydrogens (tertiary/aromatic N) is 2. The number of hydrogen-bond donors (Lipinski definition) is 0. The first-order valence-electron chi connectivity index (χ1n) is 11.3. The van der Waals surface area contributed by atoms with Gasteiger partial charge in [0.05, 0.1) is 30.2 Å². The molecule has 0 N–H and O–H groups in total. The highest BCUT2D eigenvalue weighted by atomic mass is 16.5. The van der Waals surface area contributed by atoms with Gasteiger partial charge in [-0.3, -0.25) is 14.5 Å². The Hall–Kier alpha value is -2.96. The molecule has 0 aliphatic carbocycles. The van der Waals surface area contributed by atoms with Gasteiger partial charge < -0.3 is 14.1 Å². The third kappa shape index (κ3) is 3.63. The van der Waals surface area contributed by atoms with Gasteiger partial charge in [-0.15, -0.1) is 0 Å². The van der Waals surface area contributed by atoms with Crippen molar-refractivity contribution >= 4 is 16.9 Å². The largest absolute Gasteiger partial charge is 0.450 e. The lowest BCUT2D eigenvalue weighted by atomic mass is 9.97. The van der Waals surface area contributed by atoms with Crippen LogP contribution in [0.3, 0.4) is 0 Å². The van der Waals surface area contributed by atoms with E-state index in [0.717, 1.165) is 56.0 Å². The molecule has 1 fully saturated rings. The van der Waals surface area contributed by atoms with Gasteiger partial charge >= 0.3 is 0 Å². The van der Waals surface area contributed by atoms with Crippen molar-refractivity contribution in [1.82, 2.24) is 9.80 Å². The van der Waals surface area contributed by atoms with Crippen LogP contribution < -0.4 is 5.43 Å². The Morgan fingerprint density at radius 3 is 2.50 bits per heavy atom. The molecule has 2 aromatic carbocycles. The number of ether oxygens (including phenoxy) is 1. The van der Waals surface area contributed by atoms with Gasteiger partial charge in [0, 0.05) is 26.2 Å². The summed E-state index contributed by atoms with van der Waals surface area (Å²) in [6, 6.07) is 13.2. The van der Waals surface area contributed by atoms with Crippen LogP contribution in [0.5, 0.6) is 0 Å². The van der Waals surface area contributed by atoms with E-state index in [4.69, 9.17) is 9.15 Å². The van der Waals surface area contributed by atoms with Gasteiger partial charge in [-0.2, -0.15) is 0 Å². The van der Waals surface area contributed by atoms with E-state index in [2.05, 4.69) is 4.90 Å². The van der Waals surface area contributed by atoms with Gasteiger partial charge in [0.2, 0.25) is 5.76 Å². The molecule has 2 aliphatic heterocycles. The molecular formula is C26H28N2O4. The Morgan fingerprint density at radius 1 is 1.00 bits per heavy atom. The quantitative estimate of drug-likeness (QED) is 0.616. The number of amides is 1. The number of hydrogen-bond acceptors (Lipinski definition) is 5. The summed E-state index contributed by atoms with van der Waals surface area (Å²) >= 11 is 0. The summed E-state index contributed by atoms with van der Waals surface area (Å²) in [4.78, 5) is 31.3. The van der Waals surface area contributed by atoms with E-state index in [1.807, 2.05) is 61.2 Å². The van der Waals surface area contributed by atoms with Gasteiger partial charge in [-0.1, -0.05) is 36.4 Å². The average Bonchev–Trinajstić information content (AvgIpc) is 3.07. The Morgan fingerprint density at radius 2 is 1.75 bits per heavy atom. The number of fused-ring (bicyclic) bond motifs is 2. The average molecular weight is 433 g/mol. The lowest BCUT2D eigenvalue weighted by molar-refractivity contribution is 0.0353. The monoisotopic (exact) mass is 432 g/mol. The predicted octanol–water partition coefficient (Wildman–Crippen LogP) is 3.68. The smallest absolute Gasteiger partial charge is 0.290 e. The van der Waals surface area contributed by atoms with Gasteiger partial charge in [-0.25, -0.2) is 0 Å². The second-order valence-corrected chi connectivity index (χ2v) is 8.75. The van der Waals surface area contributed by atoms with Crippen LogP contribution in [0.1, 0.15) is 45.3 Å². The Bertz CT molecular complexity index is 1210. The zero-order chi connectivity index (χ0) is 22.2. The zero-order valence-electron chi connectivity index (χ0n) is 18.6. The van der Waals surface area contributed by atoms with E-state index in [1.165, 1.54) is 0 Å². The molecule has 166 valence electrons. The van der Waals surface area contributed by atoms with Crippen LogP contribution in [0.25, 0.3) is 11.0 Å². The molecule has 1 saturated heterocycles. The molecule has 3 aromatic rings. The first-order valence-corrected chi connectivity index (χ1v) is 11.3. The highest BCUT2D eigenvalue weighted by molar-refractivity contribution is 5.99. The highest BCUT2D eigenvalue weighted by Gasteiger charge is 2.42. The van der Waals surface area contributed by atoms with Gasteiger partial charge in [0.25, 0.3) is 5.91 Å². The fourth-order valence-corrected chi connectivity index (χ4v) is 5.02. The topological polar surface area (TPSA) is 63.0 Å². The highest BCUT2D eigenvalue weighted by Crippen LogP contribution is 2.38. The van der Waals surface area contributed by atoms with E-state index in [1.54, 1.807) is 0 Å². The molecule has 6 heteroatoms. The third-order valence-electron chi connectivity index (χ3n) is 6.50. The second kappa shape index (κ2) is 8.52. The lowest BCUT2D eigenvalue weighted by Crippen LogP contribution is -2.38. The van der Waals surface area contributed by atoms with Gasteiger partial charge in [0.1, 0.15) is 5.58 Å². The fraction of sp³-hybridized carbons (Fsp3) is 0.385. The van der Waals surface area contributed by atoms with E-state index < -0.39 is 6.04 Å². The summed E-state index contributed by atoms with van der Waals surface area (Å²) in [5.41, 5.74) is 3.67. The summed E-state index contributed by atoms with van der Waals surface area (Å²) in [5, 5.41) is 0.568. The maximum Gasteiger partial charge on any atom is 0.290 e. The number of benzene rings is 2. The normalized spacial score (nSPS) is 19.0. The number of rotatable bonds is 5. The van der Waals surface area contributed by atoms with Crippen molar-refractivity contribution in [1.29, 1.82) is 0 Å². The minimum atomic E-state index is -0.426. The van der Waals surface area contributed by atoms with Crippen LogP contribution in [0.15, 0.2) is 51.7 Å². The summed E-state index contributed by atoms with van der Waals surface area (Å²) in [6.45, 7) is 8.69. The summed E-state index contributed by atoms with van der Waals surface area (Å²) in [7, 11) is 0. The van der Waals surface area contributed by atoms with Crippen LogP contribution in [-0.2, 0) is 4.74 Å². The number of aryl methyl sites for hydroxylation is 2. The number of carbonyl (C=O) groups is 1. The van der Waals surface area contributed by atoms with E-state index in [-0.39, 0.29) is 17.1 Å². The van der Waals surface area contributed by atoms with Crippen molar-refractivity contribution in [2.75, 3.05) is 39.4 Å². The van der Waals surface area contributed by atoms with Crippen molar-refractivity contribution in [3.05, 3.63) is 80.7 Å². The molecular weight excluding hydrogens is 404 g/mol. The minimum Gasteiger partial charge on any atom is -0.450 e. The van der Waals surface area contributed by atoms with Crippen LogP contribution in [-0.4, -0.2) is 55.1 Å². The lowest BCUT2D eigenvalue weighted by Gasteiger charge is -2.29. The molecule has 0 spiro atoms. The molecule has 2 aliphatic rings. The van der Waals surface area contributed by atoms with Crippen LogP contribution in [0, 0.1) is 13.8 Å². The zero-order valence-corrected chi connectivity index (χ0v) is 18.6. The van der Waals surface area contributed by atoms with E-state index in [9.17, 15) is 9.59 Å². The number of morpholine rings is 1. The van der Waals surface area contributed by atoms with Crippen LogP contribution in [0.4, 0.5) is 0 Å². The first kappa shape index (κ1) is 20.9. The predicted molar refractivity (Wildman–Crippen MR) is 123 cm³/mol. The molecule has 1 atom stereocenters. The van der Waals surface area contributed by atoms with E-state index >= 15 is 0 Å². The molecule has 3 heterocycles. The van der Waals surface area contributed by atoms with E-state index in [0.29, 0.717) is 23.1 Å². The van der Waals surface area contributed by atoms with Crippen LogP contribution >= 0.6 is 0 Å². The Labute approximate surface area is 187 Å². The Balaban J connectivity index is 1.55. The second-order valence-electron chi connectivity index (χ2n) is 8.75. The van der Waals surface area contributed by atoms with Gasteiger partial charge in [0.15, 0.2) is 5.43 Å². The summed E-state index contributed by atoms with van der Waals surface area (Å²) in [6.07, 6.45) is 0.828. The molecule has 0 unspecified atom stereocenters. The first-order chi connectivity index (χ1) is 15.5. The summed E-state index contributed by atoms with van der Waals surface area (Å²) in [5.74, 6) is -0.0123. The van der Waals surface area contributed by atoms with Crippen molar-refractivity contribution < 1.29 is 13.9 Å². The van der Waals surface area contributed by atoms with Crippen molar-refractivity contribution in [2.45, 2.75) is 26.3 Å². The van der Waals surface area contributed by atoms with Crippen molar-refractivity contribution in [2.24, 2.45) is 0 Å². The summed E-state index contributed by atoms with van der Waals surface area (Å²) < 4.78 is 11.5. The van der Waals surface area contributed by atoms with Crippen LogP contribution in [0.2, 0.25) is 0 Å². The molecule has 5 rings (SSSR count). The van der Waals surface area contributed by atoms with Crippen molar-refractivity contribution in [3.8, 4) is 0 Å². The third-order valence-corrected chi connectivity index (χ3v) is 6.50. The maximum atomic E-state index is 13.7. The molecule has 1 amide bonds. The number of carbonyl (C=O) groups excluding carboxylic acids is 1. The minimum absolute atomic E-state index is 0.100. The fourth-order valence-electron chi connectivity index (χ4n) is 5.02. The standard InChI is InChI=1S/C26H28N2O4/c1-17-15-18(2)21-20(16-17)32-25-22(24(21)29)23(19-7-4-3-5-8-19)28(26(25)30)10-6-9-27-11-13-31-14-12-27/h3-5,7-8,15-16,23H,6,9-14H2,1-2H3/t23-/m0/s1. The van der Waals surface area contributed by atoms with Gasteiger partial charge in [-0.05, 0) is 43.0 Å². The molecule has 0 radical (unpaired) electrons.